The van der Waals surface area contributed by atoms with Crippen molar-refractivity contribution in [2.24, 2.45) is 4.99 Å². The van der Waals surface area contributed by atoms with Crippen molar-refractivity contribution in [3.05, 3.63) is 132 Å². The molecule has 2 aromatic carbocycles. The molecule has 0 bridgehead atoms. The normalized spacial score (nSPS) is 15.1. The molecule has 0 fully saturated rings. The van der Waals surface area contributed by atoms with Gasteiger partial charge in [-0.25, -0.2) is 9.79 Å². The molecule has 0 spiro atoms. The molecular weight excluding hydrogens is 506 g/mol. The number of benzene rings is 2. The van der Waals surface area contributed by atoms with Crippen LogP contribution in [0.2, 0.25) is 0 Å². The van der Waals surface area contributed by atoms with E-state index in [1.165, 1.54) is 34.1 Å². The number of thiazole rings is 1. The second-order valence-electron chi connectivity index (χ2n) is 8.39. The smallest absolute Gasteiger partial charge is 0.338 e. The molecule has 1 aliphatic heterocycles. The van der Waals surface area contributed by atoms with Gasteiger partial charge in [0, 0.05) is 23.8 Å². The van der Waals surface area contributed by atoms with Crippen LogP contribution in [0.1, 0.15) is 24.3 Å². The number of nitro groups is 1. The lowest BCUT2D eigenvalue weighted by molar-refractivity contribution is -0.384. The van der Waals surface area contributed by atoms with E-state index < -0.39 is 16.9 Å². The predicted molar refractivity (Wildman–Crippen MR) is 142 cm³/mol. The fourth-order valence-corrected chi connectivity index (χ4v) is 5.23. The average molecular weight is 528 g/mol. The Balaban J connectivity index is 1.58. The zero-order valence-electron chi connectivity index (χ0n) is 20.2. The number of ether oxygens (including phenoxy) is 1. The van der Waals surface area contributed by atoms with Gasteiger partial charge in [-0.15, -0.1) is 0 Å². The highest BCUT2D eigenvalue weighted by atomic mass is 32.1. The van der Waals surface area contributed by atoms with Crippen molar-refractivity contribution in [3.63, 3.8) is 0 Å². The Morgan fingerprint density at radius 2 is 1.92 bits per heavy atom. The predicted octanol–water partition coefficient (Wildman–Crippen LogP) is 4.13. The first-order valence-electron chi connectivity index (χ1n) is 11.6. The highest BCUT2D eigenvalue weighted by molar-refractivity contribution is 7.07. The summed E-state index contributed by atoms with van der Waals surface area (Å²) in [6, 6.07) is 18.0. The molecule has 0 saturated heterocycles. The number of nitrogens with zero attached hydrogens (tertiary/aromatic N) is 3. The van der Waals surface area contributed by atoms with Crippen molar-refractivity contribution in [1.82, 2.24) is 4.57 Å². The molecule has 0 unspecified atom stereocenters. The summed E-state index contributed by atoms with van der Waals surface area (Å²) in [6.45, 7) is 5.35. The number of esters is 1. The van der Waals surface area contributed by atoms with Crippen LogP contribution in [0.15, 0.2) is 105 Å². The third-order valence-electron chi connectivity index (χ3n) is 5.95. The molecule has 0 saturated carbocycles. The van der Waals surface area contributed by atoms with E-state index in [1.807, 2.05) is 30.3 Å². The van der Waals surface area contributed by atoms with Crippen molar-refractivity contribution in [1.29, 1.82) is 0 Å². The molecule has 3 heterocycles. The van der Waals surface area contributed by atoms with Crippen LogP contribution in [-0.2, 0) is 9.53 Å². The van der Waals surface area contributed by atoms with E-state index in [-0.39, 0.29) is 23.4 Å². The summed E-state index contributed by atoms with van der Waals surface area (Å²) < 4.78 is 13.1. The number of hydrogen-bond acceptors (Lipinski definition) is 8. The van der Waals surface area contributed by atoms with E-state index in [2.05, 4.69) is 11.6 Å². The Hall–Kier alpha value is -4.83. The average Bonchev–Trinajstić information content (AvgIpc) is 3.51. The summed E-state index contributed by atoms with van der Waals surface area (Å²) in [5, 5.41) is 10.9. The zero-order chi connectivity index (χ0) is 26.8. The molecular formula is C28H21N3O6S. The minimum absolute atomic E-state index is 0.0161. The Labute approximate surface area is 220 Å². The molecule has 38 heavy (non-hydrogen) atoms. The van der Waals surface area contributed by atoms with Crippen molar-refractivity contribution >= 4 is 29.1 Å². The van der Waals surface area contributed by atoms with E-state index in [9.17, 15) is 19.7 Å². The first-order valence-corrected chi connectivity index (χ1v) is 12.4. The van der Waals surface area contributed by atoms with Crippen LogP contribution >= 0.6 is 11.3 Å². The summed E-state index contributed by atoms with van der Waals surface area (Å²) in [5.41, 5.74) is 1.84. The van der Waals surface area contributed by atoms with E-state index in [4.69, 9.17) is 9.15 Å². The molecule has 5 rings (SSSR count). The summed E-state index contributed by atoms with van der Waals surface area (Å²) in [7, 11) is 0. The molecule has 0 amide bonds. The van der Waals surface area contributed by atoms with Gasteiger partial charge in [-0.05, 0) is 36.8 Å². The number of carbonyl (C=O) groups excluding carboxylic acids is 1. The van der Waals surface area contributed by atoms with Gasteiger partial charge in [-0.1, -0.05) is 54.3 Å². The van der Waals surface area contributed by atoms with Crippen LogP contribution in [0.25, 0.3) is 17.4 Å². The van der Waals surface area contributed by atoms with Gasteiger partial charge in [0.05, 0.1) is 26.8 Å². The molecule has 2 aromatic heterocycles. The van der Waals surface area contributed by atoms with Crippen molar-refractivity contribution in [2.75, 3.05) is 6.61 Å². The fraction of sp³-hybridized carbons (Fsp3) is 0.107. The molecule has 1 aliphatic rings. The maximum Gasteiger partial charge on any atom is 0.338 e. The number of hydrogen-bond donors (Lipinski definition) is 0. The Morgan fingerprint density at radius 3 is 2.61 bits per heavy atom. The molecule has 10 heteroatoms. The lowest BCUT2D eigenvalue weighted by Crippen LogP contribution is -2.39. The number of carbonyl (C=O) groups is 1. The summed E-state index contributed by atoms with van der Waals surface area (Å²) in [6.07, 6.45) is 3.10. The van der Waals surface area contributed by atoms with Gasteiger partial charge in [-0.2, -0.15) is 0 Å². The lowest BCUT2D eigenvalue weighted by atomic mass is 9.96. The number of fused-ring (bicyclic) bond motifs is 1. The molecule has 4 aromatic rings. The maximum absolute atomic E-state index is 13.7. The molecule has 0 aliphatic carbocycles. The van der Waals surface area contributed by atoms with Crippen molar-refractivity contribution in [2.45, 2.75) is 13.0 Å². The van der Waals surface area contributed by atoms with E-state index >= 15 is 0 Å². The Kier molecular flexibility index (Phi) is 6.71. The lowest BCUT2D eigenvalue weighted by Gasteiger charge is -2.24. The van der Waals surface area contributed by atoms with Gasteiger partial charge in [0.15, 0.2) is 4.80 Å². The number of rotatable bonds is 7. The maximum atomic E-state index is 13.7. The number of non-ortho nitro benzene ring substituents is 1. The second-order valence-corrected chi connectivity index (χ2v) is 9.39. The first-order chi connectivity index (χ1) is 18.4. The van der Waals surface area contributed by atoms with Crippen molar-refractivity contribution < 1.29 is 18.9 Å². The first kappa shape index (κ1) is 24.8. The van der Waals surface area contributed by atoms with Crippen LogP contribution in [0.3, 0.4) is 0 Å². The highest BCUT2D eigenvalue weighted by Gasteiger charge is 2.33. The highest BCUT2D eigenvalue weighted by Crippen LogP contribution is 2.30. The van der Waals surface area contributed by atoms with E-state index in [1.54, 1.807) is 37.3 Å². The van der Waals surface area contributed by atoms with Gasteiger partial charge in [-0.3, -0.25) is 19.5 Å². The Bertz CT molecular complexity index is 1760. The second kappa shape index (κ2) is 10.3. The zero-order valence-corrected chi connectivity index (χ0v) is 21.0. The SMILES string of the molecule is C=CCOC(=O)C1=C(C)N=c2s/c(=C\c3ccc(-c4ccc([N+](=O)[O-])cc4)o3)c(=O)n2[C@H]1c1ccccc1. The van der Waals surface area contributed by atoms with E-state index in [0.29, 0.717) is 32.1 Å². The molecule has 0 N–H and O–H groups in total. The number of allylic oxidation sites excluding steroid dienone is 1. The molecule has 190 valence electrons. The number of aromatic nitrogens is 1. The van der Waals surface area contributed by atoms with Gasteiger partial charge in [0.2, 0.25) is 0 Å². The third kappa shape index (κ3) is 4.64. The third-order valence-corrected chi connectivity index (χ3v) is 6.93. The van der Waals surface area contributed by atoms with Gasteiger partial charge >= 0.3 is 5.97 Å². The fourth-order valence-electron chi connectivity index (χ4n) is 4.21. The standard InChI is InChI=1S/C28H21N3O6S/c1-3-15-36-27(33)24-17(2)29-28-30(25(24)19-7-5-4-6-8-19)26(32)23(38-28)16-21-13-14-22(37-21)18-9-11-20(12-10-18)31(34)35/h3-14,16,25H,1,15H2,2H3/b23-16-/t25-/m0/s1. The van der Waals surface area contributed by atoms with E-state index in [0.717, 1.165) is 5.56 Å². The van der Waals surface area contributed by atoms with Crippen molar-refractivity contribution in [3.8, 4) is 11.3 Å². The minimum Gasteiger partial charge on any atom is -0.458 e. The molecule has 1 atom stereocenters. The summed E-state index contributed by atoms with van der Waals surface area (Å²) in [5.74, 6) is 0.374. The van der Waals surface area contributed by atoms with Crippen LogP contribution in [0.4, 0.5) is 5.69 Å². The summed E-state index contributed by atoms with van der Waals surface area (Å²) >= 11 is 1.19. The summed E-state index contributed by atoms with van der Waals surface area (Å²) in [4.78, 5) is 42.1. The van der Waals surface area contributed by atoms with Crippen LogP contribution in [0, 0.1) is 10.1 Å². The minimum atomic E-state index is -0.709. The Morgan fingerprint density at radius 1 is 1.18 bits per heavy atom. The van der Waals surface area contributed by atoms with Crippen LogP contribution < -0.4 is 14.9 Å². The largest absolute Gasteiger partial charge is 0.458 e. The number of nitro benzene ring substituents is 1. The quantitative estimate of drug-likeness (QED) is 0.154. The van der Waals surface area contributed by atoms with Crippen LogP contribution in [0.5, 0.6) is 0 Å². The van der Waals surface area contributed by atoms with Gasteiger partial charge in [0.25, 0.3) is 11.2 Å². The van der Waals surface area contributed by atoms with Gasteiger partial charge < -0.3 is 9.15 Å². The number of furan rings is 1. The monoisotopic (exact) mass is 527 g/mol. The van der Waals surface area contributed by atoms with Gasteiger partial charge in [0.1, 0.15) is 18.1 Å². The topological polar surface area (TPSA) is 117 Å². The molecule has 9 nitrogen and oxygen atoms in total. The van der Waals surface area contributed by atoms with Crippen LogP contribution in [-0.4, -0.2) is 22.1 Å². The molecule has 0 radical (unpaired) electrons.